The van der Waals surface area contributed by atoms with Crippen LogP contribution < -0.4 is 5.32 Å². The van der Waals surface area contributed by atoms with Gasteiger partial charge in [-0.1, -0.05) is 168 Å². The van der Waals surface area contributed by atoms with E-state index in [9.17, 15) is 15.0 Å². The molecule has 0 aliphatic heterocycles. The third kappa shape index (κ3) is 26.8. The third-order valence-electron chi connectivity index (χ3n) is 7.87. The minimum Gasteiger partial charge on any atom is -0.394 e. The molecule has 0 radical (unpaired) electrons. The average Bonchev–Trinajstić information content (AvgIpc) is 2.90. The summed E-state index contributed by atoms with van der Waals surface area (Å²) in [5, 5.41) is 22.9. The molecule has 0 spiro atoms. The molecule has 4 nitrogen and oxygen atoms in total. The number of aliphatic hydroxyl groups is 2. The van der Waals surface area contributed by atoms with Crippen LogP contribution in [0.3, 0.4) is 0 Å². The Labute approximate surface area is 232 Å². The van der Waals surface area contributed by atoms with E-state index in [0.29, 0.717) is 12.8 Å². The highest BCUT2D eigenvalue weighted by Gasteiger charge is 2.19. The quantitative estimate of drug-likeness (QED) is 0.0818. The molecule has 3 N–H and O–H groups in total. The highest BCUT2D eigenvalue weighted by Crippen LogP contribution is 2.15. The number of amides is 1. The van der Waals surface area contributed by atoms with Crippen LogP contribution in [0.1, 0.15) is 187 Å². The molecule has 0 aliphatic carbocycles. The summed E-state index contributed by atoms with van der Waals surface area (Å²) >= 11 is 0. The van der Waals surface area contributed by atoms with Crippen molar-refractivity contribution in [2.45, 2.75) is 199 Å². The molecule has 1 amide bonds. The number of carbonyl (C=O) groups is 1. The number of rotatable bonds is 30. The van der Waals surface area contributed by atoms with E-state index in [4.69, 9.17) is 0 Å². The number of unbranched alkanes of at least 4 members (excludes halogenated alkanes) is 23. The van der Waals surface area contributed by atoms with Gasteiger partial charge in [-0.2, -0.15) is 0 Å². The van der Waals surface area contributed by atoms with Crippen LogP contribution in [0.4, 0.5) is 0 Å². The van der Waals surface area contributed by atoms with E-state index < -0.39 is 12.1 Å². The van der Waals surface area contributed by atoms with Crippen molar-refractivity contribution < 1.29 is 15.0 Å². The summed E-state index contributed by atoms with van der Waals surface area (Å²) in [6.07, 6.45) is 32.9. The Hall–Kier alpha value is -0.610. The van der Waals surface area contributed by atoms with Crippen molar-refractivity contribution in [3.05, 3.63) is 0 Å². The summed E-state index contributed by atoms with van der Waals surface area (Å²) in [7, 11) is 0. The van der Waals surface area contributed by atoms with E-state index in [2.05, 4.69) is 19.2 Å². The van der Waals surface area contributed by atoms with Crippen LogP contribution in [0, 0.1) is 0 Å². The minimum absolute atomic E-state index is 0.0316. The van der Waals surface area contributed by atoms with Gasteiger partial charge in [0.2, 0.25) is 5.91 Å². The zero-order valence-electron chi connectivity index (χ0n) is 25.3. The Morgan fingerprint density at radius 3 is 1.22 bits per heavy atom. The molecule has 0 unspecified atom stereocenters. The lowest BCUT2D eigenvalue weighted by Crippen LogP contribution is -2.45. The van der Waals surface area contributed by atoms with Crippen LogP contribution in [-0.2, 0) is 4.79 Å². The summed E-state index contributed by atoms with van der Waals surface area (Å²) in [6.45, 7) is 4.34. The van der Waals surface area contributed by atoms with Gasteiger partial charge >= 0.3 is 0 Å². The normalized spacial score (nSPS) is 13.1. The molecule has 0 aromatic rings. The zero-order valence-corrected chi connectivity index (χ0v) is 25.3. The van der Waals surface area contributed by atoms with Crippen LogP contribution in [0.5, 0.6) is 0 Å². The standard InChI is InChI=1S/C33H67NO3/c1-3-5-7-9-11-13-15-16-17-18-19-21-23-25-27-29-33(37)34-31(30-35)32(36)28-26-24-22-20-14-12-10-8-6-4-2/h31-32,35-36H,3-30H2,1-2H3,(H,34,37)/t31-,32+/m0/s1. The molecule has 222 valence electrons. The van der Waals surface area contributed by atoms with Gasteiger partial charge in [-0.25, -0.2) is 0 Å². The van der Waals surface area contributed by atoms with Crippen LogP contribution in [0.2, 0.25) is 0 Å². The van der Waals surface area contributed by atoms with Gasteiger partial charge in [0.25, 0.3) is 0 Å². The first-order chi connectivity index (χ1) is 18.2. The Morgan fingerprint density at radius 1 is 0.541 bits per heavy atom. The van der Waals surface area contributed by atoms with E-state index in [0.717, 1.165) is 25.7 Å². The lowest BCUT2D eigenvalue weighted by Gasteiger charge is -2.22. The van der Waals surface area contributed by atoms with Gasteiger partial charge in [0.05, 0.1) is 18.8 Å². The molecule has 0 aromatic heterocycles. The van der Waals surface area contributed by atoms with Gasteiger partial charge in [-0.3, -0.25) is 4.79 Å². The van der Waals surface area contributed by atoms with Crippen LogP contribution >= 0.6 is 0 Å². The molecule has 0 bridgehead atoms. The summed E-state index contributed by atoms with van der Waals surface area (Å²) in [4.78, 5) is 12.3. The van der Waals surface area contributed by atoms with Crippen molar-refractivity contribution in [1.82, 2.24) is 5.32 Å². The Kier molecular flexibility index (Phi) is 29.4. The Morgan fingerprint density at radius 2 is 0.865 bits per heavy atom. The number of hydrogen-bond acceptors (Lipinski definition) is 3. The van der Waals surface area contributed by atoms with Crippen molar-refractivity contribution in [3.8, 4) is 0 Å². The topological polar surface area (TPSA) is 69.6 Å². The van der Waals surface area contributed by atoms with Crippen LogP contribution in [0.15, 0.2) is 0 Å². The molecular formula is C33H67NO3. The fourth-order valence-electron chi connectivity index (χ4n) is 5.24. The second kappa shape index (κ2) is 29.9. The molecule has 0 aliphatic rings. The van der Waals surface area contributed by atoms with Gasteiger partial charge in [0, 0.05) is 6.42 Å². The summed E-state index contributed by atoms with van der Waals surface area (Å²) in [6, 6.07) is -0.526. The molecule has 0 aromatic carbocycles. The first-order valence-corrected chi connectivity index (χ1v) is 16.7. The van der Waals surface area contributed by atoms with Gasteiger partial charge in [0.1, 0.15) is 0 Å². The van der Waals surface area contributed by atoms with E-state index in [1.807, 2.05) is 0 Å². The second-order valence-electron chi connectivity index (χ2n) is 11.6. The average molecular weight is 526 g/mol. The zero-order chi connectivity index (χ0) is 27.2. The summed E-state index contributed by atoms with van der Waals surface area (Å²) in [5.41, 5.74) is 0. The smallest absolute Gasteiger partial charge is 0.220 e. The first-order valence-electron chi connectivity index (χ1n) is 16.7. The minimum atomic E-state index is -0.649. The molecule has 0 saturated carbocycles. The fourth-order valence-corrected chi connectivity index (χ4v) is 5.24. The van der Waals surface area contributed by atoms with Crippen LogP contribution in [-0.4, -0.2) is 34.9 Å². The summed E-state index contributed by atoms with van der Waals surface area (Å²) in [5.74, 6) is -0.0316. The van der Waals surface area contributed by atoms with Crippen molar-refractivity contribution >= 4 is 5.91 Å². The number of carbonyl (C=O) groups excluding carboxylic acids is 1. The molecule has 2 atom stereocenters. The van der Waals surface area contributed by atoms with Gasteiger partial charge in [-0.05, 0) is 12.8 Å². The monoisotopic (exact) mass is 526 g/mol. The molecule has 4 heteroatoms. The molecule has 0 heterocycles. The molecular weight excluding hydrogens is 458 g/mol. The predicted molar refractivity (Wildman–Crippen MR) is 161 cm³/mol. The van der Waals surface area contributed by atoms with Gasteiger partial charge in [-0.15, -0.1) is 0 Å². The highest BCUT2D eigenvalue weighted by atomic mass is 16.3. The number of hydrogen-bond donors (Lipinski definition) is 3. The Bertz CT molecular complexity index is 457. The lowest BCUT2D eigenvalue weighted by molar-refractivity contribution is -0.123. The van der Waals surface area contributed by atoms with Crippen molar-refractivity contribution in [2.24, 2.45) is 0 Å². The van der Waals surface area contributed by atoms with E-state index >= 15 is 0 Å². The fraction of sp³-hybridized carbons (Fsp3) is 0.970. The molecule has 0 saturated heterocycles. The van der Waals surface area contributed by atoms with Gasteiger partial charge in [0.15, 0.2) is 0 Å². The van der Waals surface area contributed by atoms with Crippen molar-refractivity contribution in [1.29, 1.82) is 0 Å². The second-order valence-corrected chi connectivity index (χ2v) is 11.6. The molecule has 0 rings (SSSR count). The lowest BCUT2D eigenvalue weighted by atomic mass is 10.0. The van der Waals surface area contributed by atoms with E-state index in [1.54, 1.807) is 0 Å². The van der Waals surface area contributed by atoms with Crippen molar-refractivity contribution in [2.75, 3.05) is 6.61 Å². The number of aliphatic hydroxyl groups excluding tert-OH is 2. The maximum atomic E-state index is 12.3. The number of nitrogens with one attached hydrogen (secondary N) is 1. The van der Waals surface area contributed by atoms with E-state index in [1.165, 1.54) is 135 Å². The molecule has 37 heavy (non-hydrogen) atoms. The SMILES string of the molecule is CCCCCCCCCCCCCCCCCC(=O)N[C@@H](CO)[C@H](O)CCCCCCCCCCCC. The predicted octanol–water partition coefficient (Wildman–Crippen LogP) is 9.40. The third-order valence-corrected chi connectivity index (χ3v) is 7.87. The van der Waals surface area contributed by atoms with E-state index in [-0.39, 0.29) is 12.5 Å². The van der Waals surface area contributed by atoms with Crippen molar-refractivity contribution in [3.63, 3.8) is 0 Å². The van der Waals surface area contributed by atoms with Crippen LogP contribution in [0.25, 0.3) is 0 Å². The largest absolute Gasteiger partial charge is 0.394 e. The maximum Gasteiger partial charge on any atom is 0.220 e. The molecule has 0 fully saturated rings. The Balaban J connectivity index is 3.54. The van der Waals surface area contributed by atoms with Gasteiger partial charge < -0.3 is 15.5 Å². The highest BCUT2D eigenvalue weighted by molar-refractivity contribution is 5.76. The summed E-state index contributed by atoms with van der Waals surface area (Å²) < 4.78 is 0. The maximum absolute atomic E-state index is 12.3. The first kappa shape index (κ1) is 36.4.